The number of nitrogens with zero attached hydrogens (tertiary/aromatic N) is 4. The summed E-state index contributed by atoms with van der Waals surface area (Å²) in [6, 6.07) is 38.0. The molecule has 2 aliphatic rings. The van der Waals surface area contributed by atoms with Crippen LogP contribution in [-0.4, -0.2) is 67.2 Å². The number of nitrogens with one attached hydrogen (secondary N) is 2. The van der Waals surface area contributed by atoms with Gasteiger partial charge in [-0.3, -0.25) is 4.90 Å². The van der Waals surface area contributed by atoms with Crippen molar-refractivity contribution in [2.75, 3.05) is 19.6 Å². The molecule has 0 unspecified atom stereocenters. The van der Waals surface area contributed by atoms with Crippen LogP contribution in [0, 0.1) is 0 Å². The van der Waals surface area contributed by atoms with Crippen LogP contribution in [0.3, 0.4) is 0 Å². The number of ether oxygens (including phenoxy) is 2. The Kier molecular flexibility index (Phi) is 10.8. The Labute approximate surface area is 364 Å². The molecule has 0 bridgehead atoms. The van der Waals surface area contributed by atoms with Gasteiger partial charge < -0.3 is 24.3 Å². The normalized spacial score (nSPS) is 15.5. The molecule has 4 heterocycles. The van der Waals surface area contributed by atoms with Gasteiger partial charge in [-0.05, 0) is 151 Å². The molecule has 12 heteroatoms. The van der Waals surface area contributed by atoms with E-state index in [0.717, 1.165) is 97.9 Å². The standard InChI is InChI=1S/C26H26BrN3O2.C22H18BrN3O2/c1-26(2,3)32-25(31)30-12-4-5-23(30)24-28-21-11-9-19(15-22(21)29-24)16-6-7-18-14-20(27)10-8-17(18)13-16;23-18-7-5-15-11-14(3-4-16(15)12-18)17-6-8-19-20(13-17)25-21(24-19)28-22(27)26-9-1-2-10-26/h6-11,13-15,23H,4-5,12H2,1-3H3,(H,28,29);3-8,11-13H,1-2,9-10H2,(H,24,25)/t23-;/m0./s1. The molecule has 0 spiro atoms. The summed E-state index contributed by atoms with van der Waals surface area (Å²) in [6.45, 7) is 7.87. The summed E-state index contributed by atoms with van der Waals surface area (Å²) in [5, 5.41) is 4.79. The maximum Gasteiger partial charge on any atom is 0.417 e. The fourth-order valence-corrected chi connectivity index (χ4v) is 8.77. The van der Waals surface area contributed by atoms with Gasteiger partial charge in [0.2, 0.25) is 0 Å². The van der Waals surface area contributed by atoms with Crippen LogP contribution in [0.4, 0.5) is 9.59 Å². The molecule has 0 saturated carbocycles. The summed E-state index contributed by atoms with van der Waals surface area (Å²) < 4.78 is 13.2. The molecule has 8 aromatic rings. The number of halogens is 2. The second-order valence-electron chi connectivity index (χ2n) is 16.4. The molecule has 2 amide bonds. The van der Waals surface area contributed by atoms with E-state index in [0.29, 0.717) is 6.54 Å². The summed E-state index contributed by atoms with van der Waals surface area (Å²) in [5.74, 6) is 0.823. The molecule has 6 aromatic carbocycles. The van der Waals surface area contributed by atoms with E-state index < -0.39 is 5.60 Å². The summed E-state index contributed by atoms with van der Waals surface area (Å²) in [4.78, 5) is 44.2. The van der Waals surface area contributed by atoms with E-state index in [9.17, 15) is 9.59 Å². The summed E-state index contributed by atoms with van der Waals surface area (Å²) in [5.41, 5.74) is 7.50. The van der Waals surface area contributed by atoms with Gasteiger partial charge in [-0.2, -0.15) is 4.98 Å². The average Bonchev–Trinajstić information content (AvgIpc) is 4.06. The van der Waals surface area contributed by atoms with Crippen LogP contribution < -0.4 is 4.74 Å². The zero-order chi connectivity index (χ0) is 41.5. The van der Waals surface area contributed by atoms with Gasteiger partial charge >= 0.3 is 18.2 Å². The maximum atomic E-state index is 12.7. The molecule has 0 radical (unpaired) electrons. The predicted octanol–water partition coefficient (Wildman–Crippen LogP) is 13.0. The molecular weight excluding hydrogens is 884 g/mol. The Morgan fingerprint density at radius 1 is 0.617 bits per heavy atom. The molecule has 60 heavy (non-hydrogen) atoms. The maximum absolute atomic E-state index is 12.7. The summed E-state index contributed by atoms with van der Waals surface area (Å²) in [7, 11) is 0. The van der Waals surface area contributed by atoms with Crippen molar-refractivity contribution in [3.8, 4) is 28.3 Å². The number of aromatic nitrogens is 4. The Balaban J connectivity index is 0.000000155. The van der Waals surface area contributed by atoms with Crippen LogP contribution in [0.15, 0.2) is 118 Å². The fourth-order valence-electron chi connectivity index (χ4n) is 8.01. The van der Waals surface area contributed by atoms with E-state index in [1.54, 1.807) is 9.80 Å². The smallest absolute Gasteiger partial charge is 0.417 e. The molecule has 2 aliphatic heterocycles. The average molecular weight is 929 g/mol. The van der Waals surface area contributed by atoms with Crippen LogP contribution in [0.5, 0.6) is 6.01 Å². The monoisotopic (exact) mass is 926 g/mol. The molecule has 304 valence electrons. The number of likely N-dealkylation sites (tertiary alicyclic amines) is 2. The lowest BCUT2D eigenvalue weighted by atomic mass is 10.0. The lowest BCUT2D eigenvalue weighted by Gasteiger charge is -2.27. The van der Waals surface area contributed by atoms with Gasteiger partial charge in [0.15, 0.2) is 0 Å². The highest BCUT2D eigenvalue weighted by atomic mass is 79.9. The molecular formula is C48H44Br2N6O4. The summed E-state index contributed by atoms with van der Waals surface area (Å²) >= 11 is 7.05. The minimum Gasteiger partial charge on any atom is -0.444 e. The van der Waals surface area contributed by atoms with Gasteiger partial charge in [-0.1, -0.05) is 80.4 Å². The van der Waals surface area contributed by atoms with Crippen LogP contribution in [-0.2, 0) is 4.74 Å². The minimum atomic E-state index is -0.511. The first kappa shape index (κ1) is 39.7. The Hall–Kier alpha value is -5.72. The van der Waals surface area contributed by atoms with Gasteiger partial charge in [-0.15, -0.1) is 0 Å². The van der Waals surface area contributed by atoms with Crippen molar-refractivity contribution in [1.82, 2.24) is 29.7 Å². The van der Waals surface area contributed by atoms with Crippen LogP contribution in [0.25, 0.3) is 65.9 Å². The third-order valence-electron chi connectivity index (χ3n) is 11.0. The number of fused-ring (bicyclic) bond motifs is 4. The van der Waals surface area contributed by atoms with Gasteiger partial charge in [0.25, 0.3) is 0 Å². The van der Waals surface area contributed by atoms with Crippen molar-refractivity contribution in [3.63, 3.8) is 0 Å². The molecule has 10 nitrogen and oxygen atoms in total. The van der Waals surface area contributed by atoms with Gasteiger partial charge in [0.1, 0.15) is 11.4 Å². The number of amides is 2. The predicted molar refractivity (Wildman–Crippen MR) is 245 cm³/mol. The quantitative estimate of drug-likeness (QED) is 0.182. The van der Waals surface area contributed by atoms with Crippen LogP contribution >= 0.6 is 31.9 Å². The molecule has 1 atom stereocenters. The number of H-pyrrole nitrogens is 2. The molecule has 2 saturated heterocycles. The highest BCUT2D eigenvalue weighted by Gasteiger charge is 2.35. The molecule has 2 fully saturated rings. The first-order chi connectivity index (χ1) is 28.9. The lowest BCUT2D eigenvalue weighted by Crippen LogP contribution is -2.36. The Morgan fingerprint density at radius 3 is 1.73 bits per heavy atom. The van der Waals surface area contributed by atoms with E-state index in [1.807, 2.05) is 51.1 Å². The van der Waals surface area contributed by atoms with Crippen molar-refractivity contribution < 1.29 is 19.1 Å². The zero-order valence-corrected chi connectivity index (χ0v) is 36.8. The number of carbonyl (C=O) groups excluding carboxylic acids is 2. The molecule has 0 aliphatic carbocycles. The topological polar surface area (TPSA) is 116 Å². The first-order valence-corrected chi connectivity index (χ1v) is 21.9. The molecule has 2 aromatic heterocycles. The van der Waals surface area contributed by atoms with Gasteiger partial charge in [0.05, 0.1) is 28.1 Å². The first-order valence-electron chi connectivity index (χ1n) is 20.3. The van der Waals surface area contributed by atoms with Crippen molar-refractivity contribution in [1.29, 1.82) is 0 Å². The largest absolute Gasteiger partial charge is 0.444 e. The fraction of sp³-hybridized carbons (Fsp3) is 0.250. The van der Waals surface area contributed by atoms with E-state index in [-0.39, 0.29) is 24.2 Å². The SMILES string of the molecule is CC(C)(C)OC(=O)N1CCC[C@H]1c1nc2ccc(-c3ccc4cc(Br)ccc4c3)cc2[nH]1.O=C(Oc1nc2ccc(-c3ccc4cc(Br)ccc4c3)cc2[nH]1)N1CCCC1. The second kappa shape index (κ2) is 16.4. The Morgan fingerprint density at radius 2 is 1.13 bits per heavy atom. The minimum absolute atomic E-state index is 0.0835. The molecule has 10 rings (SSSR count). The third kappa shape index (κ3) is 8.62. The van der Waals surface area contributed by atoms with Gasteiger partial charge in [0, 0.05) is 28.6 Å². The van der Waals surface area contributed by atoms with E-state index in [1.165, 1.54) is 21.5 Å². The number of benzene rings is 6. The highest BCUT2D eigenvalue weighted by Crippen LogP contribution is 2.35. The van der Waals surface area contributed by atoms with Crippen molar-refractivity contribution in [3.05, 3.63) is 124 Å². The summed E-state index contributed by atoms with van der Waals surface area (Å²) in [6.07, 6.45) is 3.27. The van der Waals surface area contributed by atoms with E-state index >= 15 is 0 Å². The third-order valence-corrected chi connectivity index (χ3v) is 12.0. The Bertz CT molecular complexity index is 2910. The zero-order valence-electron chi connectivity index (χ0n) is 33.6. The highest BCUT2D eigenvalue weighted by molar-refractivity contribution is 9.10. The number of imidazole rings is 2. The number of hydrogen-bond acceptors (Lipinski definition) is 6. The number of rotatable bonds is 4. The van der Waals surface area contributed by atoms with E-state index in [2.05, 4.69) is 126 Å². The van der Waals surface area contributed by atoms with Crippen molar-refractivity contribution >= 4 is 87.7 Å². The van der Waals surface area contributed by atoms with Crippen LogP contribution in [0.2, 0.25) is 0 Å². The van der Waals surface area contributed by atoms with Crippen molar-refractivity contribution in [2.24, 2.45) is 0 Å². The van der Waals surface area contributed by atoms with Crippen LogP contribution in [0.1, 0.15) is 58.3 Å². The lowest BCUT2D eigenvalue weighted by molar-refractivity contribution is 0.0219. The van der Waals surface area contributed by atoms with Crippen molar-refractivity contribution in [2.45, 2.75) is 58.1 Å². The van der Waals surface area contributed by atoms with Gasteiger partial charge in [-0.25, -0.2) is 14.6 Å². The second-order valence-corrected chi connectivity index (χ2v) is 18.3. The number of hydrogen-bond donors (Lipinski definition) is 2. The van der Waals surface area contributed by atoms with E-state index in [4.69, 9.17) is 14.5 Å². The number of carbonyl (C=O) groups is 2. The number of aromatic amines is 2. The molecule has 2 N–H and O–H groups in total.